The number of esters is 1. The molecule has 372 valence electrons. The Kier molecular flexibility index (Phi) is 20.5. The van der Waals surface area contributed by atoms with Crippen LogP contribution in [0.5, 0.6) is 11.8 Å². The Labute approximate surface area is 462 Å². The molecule has 2 saturated heterocycles. The first-order valence-electron chi connectivity index (χ1n) is 23.3. The van der Waals surface area contributed by atoms with E-state index in [0.29, 0.717) is 80.4 Å². The van der Waals surface area contributed by atoms with Crippen LogP contribution in [0.1, 0.15) is 74.0 Å². The second-order valence-electron chi connectivity index (χ2n) is 17.5. The molecule has 0 unspecified atom stereocenters. The number of aromatic carboxylic acids is 1. The number of carbonyl (C=O) groups excluding carboxylic acids is 3. The smallest absolute Gasteiger partial charge is 0.870 e. The number of carboxylic acid groups (broad SMARTS) is 1. The van der Waals surface area contributed by atoms with Crippen molar-refractivity contribution >= 4 is 46.5 Å². The normalized spacial score (nSPS) is 13.5. The molecule has 8 rings (SSSR count). The second-order valence-corrected chi connectivity index (χ2v) is 17.5. The molecule has 6 aromatic rings. The van der Waals surface area contributed by atoms with E-state index in [9.17, 15) is 24.3 Å². The van der Waals surface area contributed by atoms with Crippen LogP contribution in [-0.2, 0) is 4.74 Å². The van der Waals surface area contributed by atoms with Gasteiger partial charge in [0.2, 0.25) is 11.8 Å². The summed E-state index contributed by atoms with van der Waals surface area (Å²) < 4.78 is 17.2. The minimum absolute atomic E-state index is 0. The molecule has 0 bridgehead atoms. The van der Waals surface area contributed by atoms with Crippen molar-refractivity contribution < 1.29 is 95.4 Å². The third kappa shape index (κ3) is 14.5. The summed E-state index contributed by atoms with van der Waals surface area (Å²) in [6.07, 6.45) is 6.20. The van der Waals surface area contributed by atoms with Gasteiger partial charge in [0.15, 0.2) is 0 Å². The van der Waals surface area contributed by atoms with Gasteiger partial charge in [-0.15, -0.1) is 0 Å². The van der Waals surface area contributed by atoms with E-state index in [1.807, 2.05) is 58.7 Å². The van der Waals surface area contributed by atoms with Gasteiger partial charge in [-0.1, -0.05) is 24.3 Å². The number of anilines is 4. The number of carboxylic acids is 1. The van der Waals surface area contributed by atoms with Crippen LogP contribution in [0.2, 0.25) is 0 Å². The molecule has 0 aliphatic carbocycles. The number of pyridine rings is 2. The van der Waals surface area contributed by atoms with Crippen LogP contribution in [-0.4, -0.2) is 127 Å². The first kappa shape index (κ1) is 56.4. The number of amides is 2. The number of aromatic nitrogens is 2. The van der Waals surface area contributed by atoms with Crippen molar-refractivity contribution in [2.24, 2.45) is 0 Å². The number of carbonyl (C=O) groups is 4. The number of likely N-dealkylation sites (tertiary alicyclic amines) is 2. The topological polar surface area (TPSA) is 237 Å². The summed E-state index contributed by atoms with van der Waals surface area (Å²) in [6.45, 7) is 4.06. The Bertz CT molecular complexity index is 2760. The molecule has 6 N–H and O–H groups in total. The van der Waals surface area contributed by atoms with Gasteiger partial charge < -0.3 is 55.9 Å². The van der Waals surface area contributed by atoms with Crippen molar-refractivity contribution in [3.8, 4) is 34.0 Å². The zero-order valence-corrected chi connectivity index (χ0v) is 44.8. The fourth-order valence-corrected chi connectivity index (χ4v) is 8.14. The Balaban J connectivity index is 0.000000261. The van der Waals surface area contributed by atoms with E-state index in [1.165, 1.54) is 24.3 Å². The molecule has 4 heterocycles. The van der Waals surface area contributed by atoms with E-state index in [4.69, 9.17) is 25.7 Å². The van der Waals surface area contributed by atoms with Gasteiger partial charge in [-0.2, -0.15) is 0 Å². The molecule has 0 saturated carbocycles. The van der Waals surface area contributed by atoms with Crippen molar-refractivity contribution in [3.63, 3.8) is 0 Å². The van der Waals surface area contributed by atoms with Crippen LogP contribution in [0, 0.1) is 0 Å². The molecule has 17 nitrogen and oxygen atoms in total. The molecular weight excluding hydrogens is 944 g/mol. The summed E-state index contributed by atoms with van der Waals surface area (Å²) in [4.78, 5) is 65.8. The molecule has 2 fully saturated rings. The molecular formula is C54H61KN8O9. The number of hydrogen-bond donors (Lipinski definition) is 3. The van der Waals surface area contributed by atoms with Gasteiger partial charge in [-0.05, 0) is 90.8 Å². The second kappa shape index (κ2) is 26.2. The van der Waals surface area contributed by atoms with E-state index >= 15 is 0 Å². The van der Waals surface area contributed by atoms with Gasteiger partial charge in [0.05, 0.1) is 28.9 Å². The predicted octanol–water partition coefficient (Wildman–Crippen LogP) is 4.86. The fourth-order valence-electron chi connectivity index (χ4n) is 8.14. The Morgan fingerprint density at radius 2 is 0.958 bits per heavy atom. The van der Waals surface area contributed by atoms with Crippen LogP contribution in [0.3, 0.4) is 0 Å². The van der Waals surface area contributed by atoms with E-state index in [2.05, 4.69) is 68.3 Å². The summed E-state index contributed by atoms with van der Waals surface area (Å²) in [7, 11) is 8.05. The Hall–Kier alpha value is -6.54. The number of rotatable bonds is 13. The number of hydrogen-bond acceptors (Lipinski definition) is 14. The molecule has 4 aromatic carbocycles. The van der Waals surface area contributed by atoms with E-state index in [0.717, 1.165) is 33.6 Å². The number of piperidine rings is 2. The van der Waals surface area contributed by atoms with Gasteiger partial charge in [0.1, 0.15) is 12.2 Å². The maximum Gasteiger partial charge on any atom is 1.00 e. The monoisotopic (exact) mass is 1000 g/mol. The van der Waals surface area contributed by atoms with Crippen molar-refractivity contribution in [2.45, 2.75) is 44.8 Å². The first-order chi connectivity index (χ1) is 33.7. The summed E-state index contributed by atoms with van der Waals surface area (Å²) in [5.41, 5.74) is 20.0. The van der Waals surface area contributed by atoms with Crippen LogP contribution in [0.4, 0.5) is 22.7 Å². The minimum Gasteiger partial charge on any atom is -0.870 e. The quantitative estimate of drug-likeness (QED) is 0.0796. The summed E-state index contributed by atoms with van der Waals surface area (Å²) in [6, 6.07) is 33.2. The van der Waals surface area contributed by atoms with Gasteiger partial charge in [0.25, 0.3) is 11.8 Å². The number of benzene rings is 4. The summed E-state index contributed by atoms with van der Waals surface area (Å²) in [5, 5.41) is 9.19. The van der Waals surface area contributed by atoms with Gasteiger partial charge in [-0.25, -0.2) is 19.6 Å². The summed E-state index contributed by atoms with van der Waals surface area (Å²) in [5.74, 6) is -0.897. The Morgan fingerprint density at radius 1 is 0.583 bits per heavy atom. The minimum atomic E-state index is -1.09. The number of ether oxygens (including phenoxy) is 3. The van der Waals surface area contributed by atoms with Crippen LogP contribution in [0.25, 0.3) is 22.3 Å². The molecule has 0 spiro atoms. The predicted molar refractivity (Wildman–Crippen MR) is 274 cm³/mol. The molecule has 2 amide bonds. The van der Waals surface area contributed by atoms with Crippen molar-refractivity contribution in [1.82, 2.24) is 19.8 Å². The van der Waals surface area contributed by atoms with E-state index in [-0.39, 0.29) is 104 Å². The fraction of sp³-hybridized carbons (Fsp3) is 0.296. The summed E-state index contributed by atoms with van der Waals surface area (Å²) >= 11 is 0. The molecule has 0 radical (unpaired) electrons. The van der Waals surface area contributed by atoms with Crippen LogP contribution in [0.15, 0.2) is 122 Å². The molecule has 2 aromatic heterocycles. The number of nitrogens with zero attached hydrogens (tertiary/aromatic N) is 6. The largest absolute Gasteiger partial charge is 1.00 e. The number of nitrogen functional groups attached to an aromatic ring is 2. The maximum absolute atomic E-state index is 13.1. The first-order valence-corrected chi connectivity index (χ1v) is 23.3. The SMILES string of the molecule is CCOC(=O)c1ccc(N)c(C(=O)N2CCC(Oc3ccc(-c4ccc(N(C)C)cc4)cn3)CC2)c1.CN(C)c1ccc(-c2ccc(OC3CCN(C(=O)c4cc(C(=O)O)ccc4N)CC3)nc2)cc1.[K+].[OH-]. The van der Waals surface area contributed by atoms with E-state index in [1.54, 1.807) is 35.1 Å². The average Bonchev–Trinajstić information content (AvgIpc) is 3.37. The van der Waals surface area contributed by atoms with Crippen molar-refractivity contribution in [1.29, 1.82) is 0 Å². The maximum atomic E-state index is 13.1. The third-order valence-corrected chi connectivity index (χ3v) is 12.3. The molecule has 0 atom stereocenters. The molecule has 2 aliphatic heterocycles. The molecule has 18 heteroatoms. The van der Waals surface area contributed by atoms with Gasteiger partial charge in [-0.3, -0.25) is 9.59 Å². The average molecular weight is 1010 g/mol. The van der Waals surface area contributed by atoms with Crippen molar-refractivity contribution in [3.05, 3.63) is 144 Å². The van der Waals surface area contributed by atoms with Crippen molar-refractivity contribution in [2.75, 3.05) is 82.2 Å². The Morgan fingerprint density at radius 3 is 1.31 bits per heavy atom. The standard InChI is InChI=1S/C28H32N4O4.C26H28N4O4.K.H2O/c1-4-35-28(34)20-7-11-25(29)24(17-20)27(33)32-15-13-23(14-16-32)36-26-12-8-21(18-30-26)19-5-9-22(10-6-19)31(2)3;1-29(2)20-7-3-17(4-8-20)19-6-10-24(28-16-19)34-21-11-13-30(14-12-21)25(31)22-15-18(26(32)33)5-9-23(22)27;;/h5-12,17-18,23H,4,13-16,29H2,1-3H3;3-10,15-16,21H,11-14,27H2,1-2H3,(H,32,33);;1H2/q;;+1;/p-1. The molecule has 72 heavy (non-hydrogen) atoms. The zero-order valence-electron chi connectivity index (χ0n) is 41.7. The zero-order chi connectivity index (χ0) is 49.9. The van der Waals surface area contributed by atoms with Gasteiger partial charge in [0, 0.05) is 138 Å². The third-order valence-electron chi connectivity index (χ3n) is 12.3. The van der Waals surface area contributed by atoms with Gasteiger partial charge >= 0.3 is 63.3 Å². The molecule has 2 aliphatic rings. The van der Waals surface area contributed by atoms with Crippen LogP contribution >= 0.6 is 0 Å². The van der Waals surface area contributed by atoms with Crippen LogP contribution < -0.4 is 82.1 Å². The number of nitrogens with two attached hydrogens (primary N) is 2. The van der Waals surface area contributed by atoms with E-state index < -0.39 is 11.9 Å².